The molecule has 0 aliphatic carbocycles. The first-order valence-corrected chi connectivity index (χ1v) is 12.6. The number of imidazole rings is 1. The van der Waals surface area contributed by atoms with Gasteiger partial charge in [-0.15, -0.1) is 0 Å². The van der Waals surface area contributed by atoms with Gasteiger partial charge in [0.25, 0.3) is 5.91 Å². The van der Waals surface area contributed by atoms with Crippen LogP contribution < -0.4 is 11.0 Å². The lowest BCUT2D eigenvalue weighted by atomic mass is 10.1. The summed E-state index contributed by atoms with van der Waals surface area (Å²) in [6.45, 7) is 7.40. The van der Waals surface area contributed by atoms with Crippen molar-refractivity contribution in [2.24, 2.45) is 0 Å². The number of aromatic nitrogens is 3. The second-order valence-electron chi connectivity index (χ2n) is 9.28. The van der Waals surface area contributed by atoms with Crippen LogP contribution in [0.4, 0.5) is 0 Å². The number of nitrogens with one attached hydrogen (secondary N) is 1. The summed E-state index contributed by atoms with van der Waals surface area (Å²) in [7, 11) is -2.59. The lowest BCUT2D eigenvalue weighted by Gasteiger charge is -2.54. The monoisotopic (exact) mass is 470 g/mol. The van der Waals surface area contributed by atoms with Gasteiger partial charge in [-0.3, -0.25) is 23.0 Å². The second kappa shape index (κ2) is 7.21. The molecule has 3 heterocycles. The van der Waals surface area contributed by atoms with Gasteiger partial charge < -0.3 is 9.73 Å². The summed E-state index contributed by atoms with van der Waals surface area (Å²) < 4.78 is 28.3. The van der Waals surface area contributed by atoms with Crippen LogP contribution in [0.1, 0.15) is 43.1 Å². The number of carbonyl (C=O) groups is 1. The molecule has 2 aromatic carbocycles. The number of amides is 1. The molecular weight excluding hydrogens is 444 g/mol. The second-order valence-corrected chi connectivity index (χ2v) is 11.5. The Labute approximate surface area is 191 Å². The first kappa shape index (κ1) is 21.7. The van der Waals surface area contributed by atoms with Crippen LogP contribution in [-0.2, 0) is 0 Å². The molecule has 9 nitrogen and oxygen atoms in total. The van der Waals surface area contributed by atoms with Crippen molar-refractivity contribution >= 4 is 38.6 Å². The lowest BCUT2D eigenvalue weighted by Crippen LogP contribution is -2.61. The highest BCUT2D eigenvalue weighted by Crippen LogP contribution is 2.53. The first-order chi connectivity index (χ1) is 15.5. The number of aryl methyl sites for hydroxylation is 1. The number of rotatable bonds is 4. The minimum absolute atomic E-state index is 0.132. The molecular formula is C23H26N4O5S. The molecule has 3 N–H and O–H groups in total. The number of nitrogens with zero attached hydrogens (tertiary/aromatic N) is 3. The lowest BCUT2D eigenvalue weighted by molar-refractivity contribution is 0.0914. The van der Waals surface area contributed by atoms with Gasteiger partial charge in [0.05, 0.1) is 33.8 Å². The van der Waals surface area contributed by atoms with E-state index in [-0.39, 0.29) is 29.1 Å². The molecule has 33 heavy (non-hydrogen) atoms. The molecule has 1 saturated heterocycles. The van der Waals surface area contributed by atoms with E-state index in [9.17, 15) is 18.7 Å². The molecule has 2 aromatic heterocycles. The molecule has 4 aromatic rings. The predicted octanol–water partition coefficient (Wildman–Crippen LogP) is 4.08. The number of benzene rings is 2. The Kier molecular flexibility index (Phi) is 4.75. The highest BCUT2D eigenvalue weighted by atomic mass is 32.3. The van der Waals surface area contributed by atoms with Crippen LogP contribution in [-0.4, -0.2) is 46.2 Å². The van der Waals surface area contributed by atoms with E-state index >= 15 is 0 Å². The van der Waals surface area contributed by atoms with Crippen molar-refractivity contribution in [3.8, 4) is 5.69 Å². The van der Waals surface area contributed by atoms with Crippen LogP contribution in [0.25, 0.3) is 27.8 Å². The van der Waals surface area contributed by atoms with E-state index in [1.54, 1.807) is 47.2 Å². The molecule has 1 aliphatic heterocycles. The van der Waals surface area contributed by atoms with Gasteiger partial charge >= 0.3 is 5.69 Å². The summed E-state index contributed by atoms with van der Waals surface area (Å²) in [5.74, 6) is 0.523. The fourth-order valence-corrected chi connectivity index (χ4v) is 6.77. The van der Waals surface area contributed by atoms with Crippen LogP contribution in [0.5, 0.6) is 0 Å². The summed E-state index contributed by atoms with van der Waals surface area (Å²) in [5, 5.41) is 2.90. The highest BCUT2D eigenvalue weighted by Gasteiger charge is 2.45. The fraction of sp³-hybridized carbons (Fsp3) is 0.348. The largest absolute Gasteiger partial charge is 0.441 e. The van der Waals surface area contributed by atoms with Crippen LogP contribution in [0, 0.1) is 6.92 Å². The van der Waals surface area contributed by atoms with Crippen LogP contribution in [0.3, 0.4) is 0 Å². The minimum Gasteiger partial charge on any atom is -0.441 e. The van der Waals surface area contributed by atoms with Crippen LogP contribution in [0.15, 0.2) is 45.6 Å². The van der Waals surface area contributed by atoms with E-state index in [0.29, 0.717) is 33.8 Å². The molecule has 0 unspecified atom stereocenters. The van der Waals surface area contributed by atoms with E-state index in [1.807, 2.05) is 26.0 Å². The average Bonchev–Trinajstić information content (AvgIpc) is 3.20. The van der Waals surface area contributed by atoms with Crippen molar-refractivity contribution in [2.45, 2.75) is 39.3 Å². The van der Waals surface area contributed by atoms with Gasteiger partial charge in [0, 0.05) is 24.6 Å². The molecule has 1 fully saturated rings. The van der Waals surface area contributed by atoms with Crippen molar-refractivity contribution in [3.05, 3.63) is 58.3 Å². The quantitative estimate of drug-likeness (QED) is 0.413. The Morgan fingerprint density at radius 1 is 1.18 bits per heavy atom. The Balaban J connectivity index is 1.59. The molecule has 0 saturated carbocycles. The van der Waals surface area contributed by atoms with Crippen LogP contribution >= 0.6 is 10.6 Å². The molecule has 1 amide bonds. The molecule has 5 rings (SSSR count). The third-order valence-electron chi connectivity index (χ3n) is 5.90. The SMILES string of the molecule is Cc1nc2ccc(-n3c(=O)n(C(C)C)c4cc(C(=O)NC5(C)CS(O)(O)C5)ccc43)cc2o1. The van der Waals surface area contributed by atoms with E-state index < -0.39 is 16.1 Å². The summed E-state index contributed by atoms with van der Waals surface area (Å²) in [5.41, 5.74) is 2.81. The van der Waals surface area contributed by atoms with E-state index in [2.05, 4.69) is 10.3 Å². The zero-order valence-electron chi connectivity index (χ0n) is 18.8. The zero-order chi connectivity index (χ0) is 23.7. The highest BCUT2D eigenvalue weighted by molar-refractivity contribution is 8.25. The summed E-state index contributed by atoms with van der Waals surface area (Å²) in [4.78, 5) is 30.7. The normalized spacial score (nSPS) is 17.9. The molecule has 0 spiro atoms. The smallest absolute Gasteiger partial charge is 0.333 e. The summed E-state index contributed by atoms with van der Waals surface area (Å²) >= 11 is 0. The Hall–Kier alpha value is -3.08. The average molecular weight is 471 g/mol. The van der Waals surface area contributed by atoms with Gasteiger partial charge in [0.15, 0.2) is 11.5 Å². The van der Waals surface area contributed by atoms with Gasteiger partial charge in [-0.05, 0) is 51.1 Å². The minimum atomic E-state index is -2.59. The maximum atomic E-state index is 13.4. The van der Waals surface area contributed by atoms with E-state index in [1.165, 1.54) is 0 Å². The Morgan fingerprint density at radius 2 is 1.91 bits per heavy atom. The molecule has 1 aliphatic rings. The Bertz CT molecular complexity index is 1470. The molecule has 10 heteroatoms. The van der Waals surface area contributed by atoms with Crippen molar-refractivity contribution in [1.82, 2.24) is 19.4 Å². The van der Waals surface area contributed by atoms with E-state index in [0.717, 1.165) is 5.52 Å². The number of fused-ring (bicyclic) bond motifs is 2. The van der Waals surface area contributed by atoms with Gasteiger partial charge in [0.2, 0.25) is 0 Å². The van der Waals surface area contributed by atoms with Gasteiger partial charge in [-0.25, -0.2) is 9.78 Å². The number of oxazole rings is 1. The molecule has 174 valence electrons. The van der Waals surface area contributed by atoms with Crippen molar-refractivity contribution in [2.75, 3.05) is 11.5 Å². The summed E-state index contributed by atoms with van der Waals surface area (Å²) in [6.07, 6.45) is 0. The topological polar surface area (TPSA) is 123 Å². The zero-order valence-corrected chi connectivity index (χ0v) is 19.6. The fourth-order valence-electron chi connectivity index (χ4n) is 4.67. The first-order valence-electron chi connectivity index (χ1n) is 10.7. The van der Waals surface area contributed by atoms with Gasteiger partial charge in [0.1, 0.15) is 5.52 Å². The van der Waals surface area contributed by atoms with Crippen LogP contribution in [0.2, 0.25) is 0 Å². The molecule has 0 radical (unpaired) electrons. The standard InChI is InChI=1S/C23H26N4O5S/c1-13(2)26-19-9-15(21(28)25-23(4)11-33(30,31)12-23)5-8-18(19)27(22(26)29)16-6-7-17-20(10-16)32-14(3)24-17/h5-10,13,30-31H,11-12H2,1-4H3,(H,25,28). The molecule has 0 atom stereocenters. The number of hydrogen-bond acceptors (Lipinski definition) is 6. The predicted molar refractivity (Wildman–Crippen MR) is 129 cm³/mol. The van der Waals surface area contributed by atoms with Gasteiger partial charge in [-0.1, -0.05) is 0 Å². The van der Waals surface area contributed by atoms with Crippen molar-refractivity contribution in [3.63, 3.8) is 0 Å². The molecule has 0 bridgehead atoms. The number of hydrogen-bond donors (Lipinski definition) is 3. The van der Waals surface area contributed by atoms with E-state index in [4.69, 9.17) is 4.42 Å². The van der Waals surface area contributed by atoms with Gasteiger partial charge in [-0.2, -0.15) is 10.6 Å². The van der Waals surface area contributed by atoms with Crippen molar-refractivity contribution in [1.29, 1.82) is 0 Å². The maximum absolute atomic E-state index is 13.4. The maximum Gasteiger partial charge on any atom is 0.333 e. The van der Waals surface area contributed by atoms with Crippen molar-refractivity contribution < 1.29 is 18.3 Å². The third kappa shape index (κ3) is 3.64. The number of carbonyl (C=O) groups excluding carboxylic acids is 1. The Morgan fingerprint density at radius 3 is 2.58 bits per heavy atom. The third-order valence-corrected chi connectivity index (χ3v) is 8.10. The summed E-state index contributed by atoms with van der Waals surface area (Å²) in [6, 6.07) is 10.4.